The van der Waals surface area contributed by atoms with E-state index in [0.29, 0.717) is 12.0 Å². The molecule has 8 nitrogen and oxygen atoms in total. The van der Waals surface area contributed by atoms with E-state index in [1.54, 1.807) is 21.6 Å². The van der Waals surface area contributed by atoms with E-state index in [1.807, 2.05) is 43.7 Å². The van der Waals surface area contributed by atoms with Crippen LogP contribution in [0.4, 0.5) is 8.78 Å². The smallest absolute Gasteiger partial charge is 0.152 e. The molecule has 0 aliphatic heterocycles. The molecule has 0 saturated heterocycles. The number of aromatic nitrogens is 5. The maximum absolute atomic E-state index is 14.6. The number of nitrogens with one attached hydrogen (secondary N) is 1. The molecule has 0 aromatic carbocycles. The second kappa shape index (κ2) is 9.49. The average molecular weight is 479 g/mol. The van der Waals surface area contributed by atoms with Gasteiger partial charge < -0.3 is 15.5 Å². The molecule has 4 aromatic heterocycles. The van der Waals surface area contributed by atoms with Crippen molar-refractivity contribution in [2.24, 2.45) is 7.05 Å². The third-order valence-corrected chi connectivity index (χ3v) is 5.95. The van der Waals surface area contributed by atoms with Crippen molar-refractivity contribution in [2.75, 3.05) is 13.2 Å². The molecule has 2 unspecified atom stereocenters. The Bertz CT molecular complexity index is 1440. The number of aryl methyl sites for hydroxylation is 1. The standard InChI is InChI=1S/C25H24F2N6O2/c1-32-12-18(8-30-32)15-2-3-24-22(11-31-33(24)13-15)16-4-17(25-23(27)7-19(26)9-29-25)6-20(5-16)28-10-21(35)14-34/h2-5,7-9,11-13,20-21,28,34-35H,6,10,14H2,1H3. The fraction of sp³-hybridized carbons (Fsp3) is 0.240. The molecule has 0 bridgehead atoms. The number of rotatable bonds is 7. The predicted octanol–water partition coefficient (Wildman–Crippen LogP) is 2.59. The molecule has 0 amide bonds. The second-order valence-electron chi connectivity index (χ2n) is 8.54. The molecule has 4 aromatic rings. The highest BCUT2D eigenvalue weighted by atomic mass is 19.1. The molecular weight excluding hydrogens is 454 g/mol. The lowest BCUT2D eigenvalue weighted by molar-refractivity contribution is 0.0932. The molecular formula is C25H24F2N6O2. The first-order valence-electron chi connectivity index (χ1n) is 11.1. The van der Waals surface area contributed by atoms with Gasteiger partial charge in [0.25, 0.3) is 0 Å². The molecule has 10 heteroatoms. The Labute approximate surface area is 199 Å². The first-order valence-corrected chi connectivity index (χ1v) is 11.1. The number of aliphatic hydroxyl groups excluding tert-OH is 2. The van der Waals surface area contributed by atoms with Crippen molar-refractivity contribution in [1.82, 2.24) is 29.7 Å². The lowest BCUT2D eigenvalue weighted by Gasteiger charge is -2.24. The topological polar surface area (TPSA) is 100 Å². The summed E-state index contributed by atoms with van der Waals surface area (Å²) in [4.78, 5) is 3.98. The second-order valence-corrected chi connectivity index (χ2v) is 8.54. The quantitative estimate of drug-likeness (QED) is 0.378. The Hall–Kier alpha value is -3.73. The van der Waals surface area contributed by atoms with E-state index in [4.69, 9.17) is 5.11 Å². The maximum atomic E-state index is 14.6. The normalized spacial score (nSPS) is 16.9. The Morgan fingerprint density at radius 3 is 2.74 bits per heavy atom. The molecule has 3 N–H and O–H groups in total. The number of pyridine rings is 2. The summed E-state index contributed by atoms with van der Waals surface area (Å²) in [7, 11) is 1.86. The third kappa shape index (κ3) is 4.76. The van der Waals surface area contributed by atoms with Gasteiger partial charge in [0, 0.05) is 54.8 Å². The average Bonchev–Trinajstić information content (AvgIpc) is 3.48. The summed E-state index contributed by atoms with van der Waals surface area (Å²) in [5.41, 5.74) is 5.06. The number of allylic oxidation sites excluding steroid dienone is 2. The maximum Gasteiger partial charge on any atom is 0.152 e. The highest BCUT2D eigenvalue weighted by Crippen LogP contribution is 2.34. The summed E-state index contributed by atoms with van der Waals surface area (Å²) in [6.07, 6.45) is 11.6. The van der Waals surface area contributed by atoms with E-state index in [1.165, 1.54) is 0 Å². The molecule has 2 atom stereocenters. The summed E-state index contributed by atoms with van der Waals surface area (Å²) in [6.45, 7) is -0.221. The van der Waals surface area contributed by atoms with Crippen molar-refractivity contribution < 1.29 is 19.0 Å². The van der Waals surface area contributed by atoms with Crippen LogP contribution < -0.4 is 5.32 Å². The van der Waals surface area contributed by atoms with Gasteiger partial charge in [-0.1, -0.05) is 12.1 Å². The van der Waals surface area contributed by atoms with Crippen molar-refractivity contribution in [1.29, 1.82) is 0 Å². The van der Waals surface area contributed by atoms with Gasteiger partial charge in [0.15, 0.2) is 5.82 Å². The summed E-state index contributed by atoms with van der Waals surface area (Å²) >= 11 is 0. The van der Waals surface area contributed by atoms with Crippen molar-refractivity contribution in [3.8, 4) is 11.1 Å². The Morgan fingerprint density at radius 2 is 2.00 bits per heavy atom. The van der Waals surface area contributed by atoms with Crippen LogP contribution in [-0.2, 0) is 7.05 Å². The lowest BCUT2D eigenvalue weighted by Crippen LogP contribution is -2.37. The van der Waals surface area contributed by atoms with Crippen LogP contribution >= 0.6 is 0 Å². The molecule has 0 fully saturated rings. The molecule has 35 heavy (non-hydrogen) atoms. The summed E-state index contributed by atoms with van der Waals surface area (Å²) in [5, 5.41) is 30.8. The van der Waals surface area contributed by atoms with Crippen molar-refractivity contribution >= 4 is 16.7 Å². The van der Waals surface area contributed by atoms with Crippen LogP contribution in [0, 0.1) is 11.6 Å². The minimum absolute atomic E-state index is 0.0712. The van der Waals surface area contributed by atoms with Crippen LogP contribution in [0.1, 0.15) is 17.7 Å². The van der Waals surface area contributed by atoms with Crippen LogP contribution in [0.15, 0.2) is 61.3 Å². The largest absolute Gasteiger partial charge is 0.394 e. The molecule has 0 radical (unpaired) electrons. The number of halogens is 2. The molecule has 1 aliphatic rings. The van der Waals surface area contributed by atoms with E-state index >= 15 is 0 Å². The van der Waals surface area contributed by atoms with Gasteiger partial charge in [0.2, 0.25) is 0 Å². The Balaban J connectivity index is 1.54. The molecule has 0 saturated carbocycles. The monoisotopic (exact) mass is 478 g/mol. The van der Waals surface area contributed by atoms with Gasteiger partial charge in [0.1, 0.15) is 11.5 Å². The molecule has 1 aliphatic carbocycles. The van der Waals surface area contributed by atoms with Gasteiger partial charge in [-0.05, 0) is 29.7 Å². The first-order chi connectivity index (χ1) is 16.9. The van der Waals surface area contributed by atoms with Gasteiger partial charge >= 0.3 is 0 Å². The van der Waals surface area contributed by atoms with E-state index < -0.39 is 17.7 Å². The van der Waals surface area contributed by atoms with Gasteiger partial charge in [-0.25, -0.2) is 13.3 Å². The number of nitrogens with zero attached hydrogens (tertiary/aromatic N) is 5. The SMILES string of the molecule is Cn1cc(-c2ccc3c(C4=CC(NCC(O)CO)CC(c5ncc(F)cc5F)=C4)cnn3c2)cn1. The molecule has 180 valence electrons. The zero-order valence-corrected chi connectivity index (χ0v) is 18.9. The van der Waals surface area contributed by atoms with E-state index in [-0.39, 0.29) is 24.9 Å². The fourth-order valence-electron chi connectivity index (χ4n) is 4.22. The van der Waals surface area contributed by atoms with Crippen LogP contribution in [0.3, 0.4) is 0 Å². The zero-order valence-electron chi connectivity index (χ0n) is 18.9. The van der Waals surface area contributed by atoms with Gasteiger partial charge in [0.05, 0.1) is 36.8 Å². The number of hydrogen-bond acceptors (Lipinski definition) is 6. The summed E-state index contributed by atoms with van der Waals surface area (Å²) in [5.74, 6) is -1.49. The summed E-state index contributed by atoms with van der Waals surface area (Å²) < 4.78 is 31.5. The Morgan fingerprint density at radius 1 is 1.14 bits per heavy atom. The molecule has 4 heterocycles. The van der Waals surface area contributed by atoms with Gasteiger partial charge in [-0.3, -0.25) is 9.67 Å². The highest BCUT2D eigenvalue weighted by Gasteiger charge is 2.23. The number of hydrogen-bond donors (Lipinski definition) is 3. The first kappa shape index (κ1) is 23.0. The van der Waals surface area contributed by atoms with Crippen molar-refractivity contribution in [3.05, 3.63) is 84.2 Å². The third-order valence-electron chi connectivity index (χ3n) is 5.95. The number of fused-ring (bicyclic) bond motifs is 1. The van der Waals surface area contributed by atoms with Crippen molar-refractivity contribution in [3.63, 3.8) is 0 Å². The van der Waals surface area contributed by atoms with E-state index in [9.17, 15) is 13.9 Å². The predicted molar refractivity (Wildman–Crippen MR) is 127 cm³/mol. The van der Waals surface area contributed by atoms with E-state index in [0.717, 1.165) is 40.0 Å². The lowest BCUT2D eigenvalue weighted by atomic mass is 9.90. The summed E-state index contributed by atoms with van der Waals surface area (Å²) in [6, 6.07) is 4.48. The molecule has 5 rings (SSSR count). The van der Waals surface area contributed by atoms with Gasteiger partial charge in [-0.2, -0.15) is 10.2 Å². The van der Waals surface area contributed by atoms with Crippen LogP contribution in [0.5, 0.6) is 0 Å². The van der Waals surface area contributed by atoms with Crippen LogP contribution in [0.25, 0.3) is 27.8 Å². The Kier molecular flexibility index (Phi) is 6.25. The zero-order chi connectivity index (χ0) is 24.5. The van der Waals surface area contributed by atoms with Crippen molar-refractivity contribution in [2.45, 2.75) is 18.6 Å². The molecule has 0 spiro atoms. The van der Waals surface area contributed by atoms with Gasteiger partial charge in [-0.15, -0.1) is 0 Å². The highest BCUT2D eigenvalue weighted by molar-refractivity contribution is 5.91. The van der Waals surface area contributed by atoms with Crippen LogP contribution in [0.2, 0.25) is 0 Å². The van der Waals surface area contributed by atoms with Crippen LogP contribution in [-0.4, -0.2) is 59.9 Å². The minimum Gasteiger partial charge on any atom is -0.394 e. The van der Waals surface area contributed by atoms with E-state index in [2.05, 4.69) is 20.5 Å². The fourth-order valence-corrected chi connectivity index (χ4v) is 4.22. The minimum atomic E-state index is -0.926. The number of aliphatic hydroxyl groups is 2.